The standard InChI is InChI=1S/C33H26F3N7O5/c1-32(2,31(48)39-25-8-5-18(13-37)11-24(25)33(34,35)36)42-17-19(14-38-42)3-4-20-15-41(16-20)21-6-7-22-23(12-21)30(47)43(29(22)46)26-9-10-27(44)40-28(26)45/h5-8,11-12,14,17,20,26H,9-10,15-16H2,1-2H3,(H,39,48)(H,40,44,45). The highest BCUT2D eigenvalue weighted by molar-refractivity contribution is 6.23. The minimum absolute atomic E-state index is 0.0329. The van der Waals surface area contributed by atoms with Crippen LogP contribution in [0.1, 0.15) is 64.1 Å². The minimum Gasteiger partial charge on any atom is -0.369 e. The molecule has 1 unspecified atom stereocenters. The zero-order valence-corrected chi connectivity index (χ0v) is 25.5. The fourth-order valence-electron chi connectivity index (χ4n) is 5.65. The lowest BCUT2D eigenvalue weighted by molar-refractivity contribution is -0.137. The predicted molar refractivity (Wildman–Crippen MR) is 162 cm³/mol. The zero-order valence-electron chi connectivity index (χ0n) is 25.5. The van der Waals surface area contributed by atoms with Gasteiger partial charge in [0, 0.05) is 31.4 Å². The van der Waals surface area contributed by atoms with E-state index in [4.69, 9.17) is 5.26 Å². The fraction of sp³-hybridized carbons (Fsp3) is 0.303. The molecule has 2 saturated heterocycles. The van der Waals surface area contributed by atoms with Crippen LogP contribution in [0.15, 0.2) is 48.8 Å². The molecule has 1 aromatic heterocycles. The Labute approximate surface area is 271 Å². The molecule has 3 aromatic rings. The normalized spacial score (nSPS) is 18.0. The van der Waals surface area contributed by atoms with Crippen molar-refractivity contribution in [2.75, 3.05) is 23.3 Å². The topological polar surface area (TPSA) is 158 Å². The summed E-state index contributed by atoms with van der Waals surface area (Å²) in [5.41, 5.74) is -1.64. The molecule has 3 aliphatic rings. The maximum Gasteiger partial charge on any atom is 0.418 e. The number of rotatable bonds is 5. The van der Waals surface area contributed by atoms with Crippen LogP contribution < -0.4 is 15.5 Å². The van der Waals surface area contributed by atoms with Gasteiger partial charge in [-0.15, -0.1) is 0 Å². The summed E-state index contributed by atoms with van der Waals surface area (Å²) in [5.74, 6) is 3.04. The third kappa shape index (κ3) is 5.75. The number of nitrogens with zero attached hydrogens (tertiary/aromatic N) is 5. The molecular formula is C33H26F3N7O5. The summed E-state index contributed by atoms with van der Waals surface area (Å²) in [6.07, 6.45) is -1.73. The maximum atomic E-state index is 13.6. The van der Waals surface area contributed by atoms with Gasteiger partial charge in [0.2, 0.25) is 11.8 Å². The number of carbonyl (C=O) groups is 5. The molecular weight excluding hydrogens is 631 g/mol. The molecule has 48 heavy (non-hydrogen) atoms. The molecule has 3 aliphatic heterocycles. The van der Waals surface area contributed by atoms with E-state index in [9.17, 15) is 37.1 Å². The number of benzene rings is 2. The molecule has 4 heterocycles. The zero-order chi connectivity index (χ0) is 34.5. The molecule has 15 heteroatoms. The van der Waals surface area contributed by atoms with E-state index in [-0.39, 0.29) is 35.4 Å². The van der Waals surface area contributed by atoms with Gasteiger partial charge in [-0.25, -0.2) is 0 Å². The van der Waals surface area contributed by atoms with Crippen LogP contribution in [0.2, 0.25) is 0 Å². The number of aromatic nitrogens is 2. The first-order valence-electron chi connectivity index (χ1n) is 14.8. The third-order valence-electron chi connectivity index (χ3n) is 8.50. The van der Waals surface area contributed by atoms with Crippen molar-refractivity contribution in [3.8, 4) is 17.9 Å². The summed E-state index contributed by atoms with van der Waals surface area (Å²) in [5, 5.41) is 17.7. The van der Waals surface area contributed by atoms with Gasteiger partial charge in [0.25, 0.3) is 17.7 Å². The number of imide groups is 2. The fourth-order valence-corrected chi connectivity index (χ4v) is 5.65. The molecule has 2 fully saturated rings. The SMILES string of the molecule is CC(C)(C(=O)Nc1ccc(C#N)cc1C(F)(F)F)n1cc(C#CC2CN(c3ccc4c(c3)C(=O)N(C3CCC(=O)NC3=O)C4=O)C2)cn1. The summed E-state index contributed by atoms with van der Waals surface area (Å²) in [6, 6.07) is 8.38. The summed E-state index contributed by atoms with van der Waals surface area (Å²) in [7, 11) is 0. The number of carbonyl (C=O) groups excluding carboxylic acids is 5. The first kappa shape index (κ1) is 32.0. The second-order valence-electron chi connectivity index (χ2n) is 12.1. The number of hydrogen-bond acceptors (Lipinski definition) is 8. The first-order chi connectivity index (χ1) is 22.7. The molecule has 2 aromatic carbocycles. The van der Waals surface area contributed by atoms with Gasteiger partial charge in [-0.2, -0.15) is 23.5 Å². The number of piperidine rings is 1. The number of halogens is 3. The van der Waals surface area contributed by atoms with Gasteiger partial charge >= 0.3 is 6.18 Å². The number of hydrogen-bond donors (Lipinski definition) is 2. The lowest BCUT2D eigenvalue weighted by atomic mass is 9.98. The molecule has 5 amide bonds. The Hall–Kier alpha value is -5.96. The van der Waals surface area contributed by atoms with Crippen molar-refractivity contribution in [1.82, 2.24) is 20.0 Å². The van der Waals surface area contributed by atoms with E-state index in [0.29, 0.717) is 30.4 Å². The lowest BCUT2D eigenvalue weighted by Crippen LogP contribution is -2.54. The van der Waals surface area contributed by atoms with Crippen molar-refractivity contribution in [3.63, 3.8) is 0 Å². The van der Waals surface area contributed by atoms with Crippen LogP contribution in [0.25, 0.3) is 0 Å². The molecule has 12 nitrogen and oxygen atoms in total. The summed E-state index contributed by atoms with van der Waals surface area (Å²) < 4.78 is 42.0. The molecule has 0 bridgehead atoms. The van der Waals surface area contributed by atoms with Crippen LogP contribution in [0.3, 0.4) is 0 Å². The quantitative estimate of drug-likeness (QED) is 0.313. The van der Waals surface area contributed by atoms with Gasteiger partial charge in [0.15, 0.2) is 0 Å². The number of nitrogens with one attached hydrogen (secondary N) is 2. The lowest BCUT2D eigenvalue weighted by Gasteiger charge is -2.38. The number of alkyl halides is 3. The monoisotopic (exact) mass is 657 g/mol. The Morgan fingerprint density at radius 3 is 2.44 bits per heavy atom. The minimum atomic E-state index is -4.79. The summed E-state index contributed by atoms with van der Waals surface area (Å²) >= 11 is 0. The van der Waals surface area contributed by atoms with E-state index in [2.05, 4.69) is 27.6 Å². The Morgan fingerprint density at radius 1 is 1.02 bits per heavy atom. The van der Waals surface area contributed by atoms with Gasteiger partial charge in [-0.05, 0) is 56.7 Å². The van der Waals surface area contributed by atoms with Crippen LogP contribution in [0.5, 0.6) is 0 Å². The van der Waals surface area contributed by atoms with E-state index >= 15 is 0 Å². The van der Waals surface area contributed by atoms with E-state index in [1.165, 1.54) is 37.0 Å². The molecule has 0 radical (unpaired) electrons. The molecule has 6 rings (SSSR count). The van der Waals surface area contributed by atoms with Gasteiger partial charge < -0.3 is 10.2 Å². The average molecular weight is 658 g/mol. The molecule has 0 saturated carbocycles. The third-order valence-corrected chi connectivity index (χ3v) is 8.50. The number of anilines is 2. The predicted octanol–water partition coefficient (Wildman–Crippen LogP) is 3.04. The highest BCUT2D eigenvalue weighted by Gasteiger charge is 2.45. The van der Waals surface area contributed by atoms with Crippen molar-refractivity contribution in [2.24, 2.45) is 5.92 Å². The van der Waals surface area contributed by atoms with Gasteiger partial charge in [0.1, 0.15) is 11.6 Å². The largest absolute Gasteiger partial charge is 0.418 e. The van der Waals surface area contributed by atoms with Crippen LogP contribution in [0.4, 0.5) is 24.5 Å². The van der Waals surface area contributed by atoms with Gasteiger partial charge in [-0.3, -0.25) is 38.9 Å². The van der Waals surface area contributed by atoms with Crippen LogP contribution >= 0.6 is 0 Å². The van der Waals surface area contributed by atoms with Crippen molar-refractivity contribution in [2.45, 2.75) is 44.4 Å². The smallest absolute Gasteiger partial charge is 0.369 e. The Balaban J connectivity index is 1.08. The number of amides is 5. The van der Waals surface area contributed by atoms with Crippen molar-refractivity contribution >= 4 is 40.9 Å². The summed E-state index contributed by atoms with van der Waals surface area (Å²) in [4.78, 5) is 65.9. The molecule has 244 valence electrons. The average Bonchev–Trinajstić information content (AvgIpc) is 3.59. The van der Waals surface area contributed by atoms with E-state index in [1.807, 2.05) is 4.90 Å². The van der Waals surface area contributed by atoms with E-state index in [0.717, 1.165) is 11.0 Å². The van der Waals surface area contributed by atoms with Crippen molar-refractivity contribution < 1.29 is 37.1 Å². The number of nitriles is 1. The Kier molecular flexibility index (Phi) is 7.79. The van der Waals surface area contributed by atoms with Crippen LogP contribution in [-0.4, -0.2) is 63.3 Å². The first-order valence-corrected chi connectivity index (χ1v) is 14.8. The van der Waals surface area contributed by atoms with Gasteiger partial charge in [0.05, 0.1) is 51.7 Å². The second kappa shape index (κ2) is 11.7. The molecule has 0 spiro atoms. The van der Waals surface area contributed by atoms with Crippen LogP contribution in [-0.2, 0) is 26.1 Å². The summed E-state index contributed by atoms with van der Waals surface area (Å²) in [6.45, 7) is 4.04. The van der Waals surface area contributed by atoms with E-state index in [1.54, 1.807) is 24.3 Å². The van der Waals surface area contributed by atoms with Crippen molar-refractivity contribution in [3.05, 3.63) is 76.6 Å². The molecule has 1 atom stereocenters. The Morgan fingerprint density at radius 2 is 1.75 bits per heavy atom. The Bertz CT molecular complexity index is 2010. The molecule has 0 aliphatic carbocycles. The van der Waals surface area contributed by atoms with Gasteiger partial charge in [-0.1, -0.05) is 11.8 Å². The maximum absolute atomic E-state index is 13.6. The highest BCUT2D eigenvalue weighted by Crippen LogP contribution is 2.36. The second-order valence-corrected chi connectivity index (χ2v) is 12.1. The van der Waals surface area contributed by atoms with Crippen molar-refractivity contribution in [1.29, 1.82) is 5.26 Å². The van der Waals surface area contributed by atoms with Crippen LogP contribution in [0, 0.1) is 29.1 Å². The molecule has 2 N–H and O–H groups in total. The number of fused-ring (bicyclic) bond motifs is 1. The van der Waals surface area contributed by atoms with E-state index < -0.39 is 58.5 Å². The highest BCUT2D eigenvalue weighted by atomic mass is 19.4.